The standard InChI is InChI=1S/C23H21Cl2N/c1-15(6-7-16-9-20(24)14-21(25)10-16)8-22-12-19-11-17-4-2-3-5-18(17)13-23(19)26-22/h2-5,9-11,13-15H,6-8,12H2,1H3. The van der Waals surface area contributed by atoms with Gasteiger partial charge in [-0.2, -0.15) is 0 Å². The molecule has 0 aliphatic carbocycles. The summed E-state index contributed by atoms with van der Waals surface area (Å²) in [5.41, 5.74) is 5.00. The van der Waals surface area contributed by atoms with Gasteiger partial charge in [0, 0.05) is 22.2 Å². The SMILES string of the molecule is CC(CCc1cc(Cl)cc(Cl)c1)CC1=Nc2cc3ccccc3cc2C1. The summed E-state index contributed by atoms with van der Waals surface area (Å²) >= 11 is 12.2. The van der Waals surface area contributed by atoms with Gasteiger partial charge in [0.05, 0.1) is 5.69 Å². The van der Waals surface area contributed by atoms with Crippen molar-refractivity contribution in [2.45, 2.75) is 32.6 Å². The zero-order valence-electron chi connectivity index (χ0n) is 14.8. The summed E-state index contributed by atoms with van der Waals surface area (Å²) in [6, 6.07) is 18.8. The van der Waals surface area contributed by atoms with Gasteiger partial charge in [-0.05, 0) is 77.4 Å². The molecular formula is C23H21Cl2N. The normalized spacial score (nSPS) is 14.3. The molecule has 3 heteroatoms. The topological polar surface area (TPSA) is 12.4 Å². The Bertz CT molecular complexity index is 970. The summed E-state index contributed by atoms with van der Waals surface area (Å²) in [6.45, 7) is 2.30. The van der Waals surface area contributed by atoms with Gasteiger partial charge in [-0.15, -0.1) is 0 Å². The minimum Gasteiger partial charge on any atom is -0.257 e. The average molecular weight is 382 g/mol. The number of fused-ring (bicyclic) bond motifs is 2. The molecule has 0 radical (unpaired) electrons. The lowest BCUT2D eigenvalue weighted by Crippen LogP contribution is -2.07. The first kappa shape index (κ1) is 17.6. The number of aryl methyl sites for hydroxylation is 1. The van der Waals surface area contributed by atoms with E-state index >= 15 is 0 Å². The number of hydrogen-bond donors (Lipinski definition) is 0. The largest absolute Gasteiger partial charge is 0.257 e. The number of halogens is 2. The van der Waals surface area contributed by atoms with Crippen LogP contribution in [0.4, 0.5) is 5.69 Å². The third kappa shape index (κ3) is 3.95. The molecule has 0 aromatic heterocycles. The molecule has 1 atom stereocenters. The maximum absolute atomic E-state index is 6.10. The predicted octanol–water partition coefficient (Wildman–Crippen LogP) is 7.43. The molecule has 132 valence electrons. The lowest BCUT2D eigenvalue weighted by atomic mass is 9.94. The van der Waals surface area contributed by atoms with Gasteiger partial charge in [-0.25, -0.2) is 0 Å². The molecule has 1 aliphatic rings. The molecule has 0 bridgehead atoms. The lowest BCUT2D eigenvalue weighted by Gasteiger charge is -2.11. The quantitative estimate of drug-likeness (QED) is 0.435. The van der Waals surface area contributed by atoms with Crippen LogP contribution in [-0.2, 0) is 12.8 Å². The van der Waals surface area contributed by atoms with Gasteiger partial charge in [-0.3, -0.25) is 4.99 Å². The van der Waals surface area contributed by atoms with Crippen molar-refractivity contribution in [1.82, 2.24) is 0 Å². The van der Waals surface area contributed by atoms with E-state index in [-0.39, 0.29) is 0 Å². The van der Waals surface area contributed by atoms with Crippen LogP contribution in [0.1, 0.15) is 30.9 Å². The molecule has 4 rings (SSSR count). The Balaban J connectivity index is 1.40. The van der Waals surface area contributed by atoms with E-state index in [1.54, 1.807) is 6.07 Å². The van der Waals surface area contributed by atoms with Crippen LogP contribution in [0.2, 0.25) is 10.0 Å². The van der Waals surface area contributed by atoms with Gasteiger partial charge < -0.3 is 0 Å². The smallest absolute Gasteiger partial charge is 0.0671 e. The fourth-order valence-electron chi connectivity index (χ4n) is 3.74. The molecule has 1 heterocycles. The molecule has 0 saturated heterocycles. The molecule has 0 fully saturated rings. The molecule has 0 N–H and O–H groups in total. The van der Waals surface area contributed by atoms with Gasteiger partial charge in [0.2, 0.25) is 0 Å². The first-order chi connectivity index (χ1) is 12.6. The minimum absolute atomic E-state index is 0.579. The summed E-state index contributed by atoms with van der Waals surface area (Å²) in [4.78, 5) is 4.90. The van der Waals surface area contributed by atoms with Gasteiger partial charge in [-0.1, -0.05) is 54.4 Å². The zero-order chi connectivity index (χ0) is 18.1. The lowest BCUT2D eigenvalue weighted by molar-refractivity contribution is 0.552. The Morgan fingerprint density at radius 2 is 1.65 bits per heavy atom. The van der Waals surface area contributed by atoms with Crippen molar-refractivity contribution in [3.63, 3.8) is 0 Å². The molecule has 1 nitrogen and oxygen atoms in total. The van der Waals surface area contributed by atoms with E-state index in [0.717, 1.165) is 31.4 Å². The van der Waals surface area contributed by atoms with Crippen molar-refractivity contribution in [2.75, 3.05) is 0 Å². The Morgan fingerprint density at radius 3 is 2.38 bits per heavy atom. The second kappa shape index (κ2) is 7.42. The Labute approximate surface area is 164 Å². The van der Waals surface area contributed by atoms with Crippen molar-refractivity contribution in [3.05, 3.63) is 75.8 Å². The number of benzene rings is 3. The van der Waals surface area contributed by atoms with Crippen molar-refractivity contribution in [1.29, 1.82) is 0 Å². The van der Waals surface area contributed by atoms with Crippen molar-refractivity contribution in [3.8, 4) is 0 Å². The highest BCUT2D eigenvalue weighted by molar-refractivity contribution is 6.34. The molecule has 0 saturated carbocycles. The van der Waals surface area contributed by atoms with Crippen LogP contribution in [0.5, 0.6) is 0 Å². The van der Waals surface area contributed by atoms with Crippen LogP contribution in [0.15, 0.2) is 59.6 Å². The van der Waals surface area contributed by atoms with Crippen molar-refractivity contribution >= 4 is 45.4 Å². The first-order valence-electron chi connectivity index (χ1n) is 9.10. The van der Waals surface area contributed by atoms with Crippen LogP contribution in [0, 0.1) is 5.92 Å². The average Bonchev–Trinajstić information content (AvgIpc) is 2.98. The van der Waals surface area contributed by atoms with Crippen LogP contribution in [0.3, 0.4) is 0 Å². The van der Waals surface area contributed by atoms with E-state index in [9.17, 15) is 0 Å². The van der Waals surface area contributed by atoms with Crippen LogP contribution < -0.4 is 0 Å². The summed E-state index contributed by atoms with van der Waals surface area (Å²) < 4.78 is 0. The third-order valence-corrected chi connectivity index (χ3v) is 5.49. The van der Waals surface area contributed by atoms with Gasteiger partial charge in [0.1, 0.15) is 0 Å². The minimum atomic E-state index is 0.579. The van der Waals surface area contributed by atoms with Gasteiger partial charge in [0.25, 0.3) is 0 Å². The zero-order valence-corrected chi connectivity index (χ0v) is 16.3. The maximum Gasteiger partial charge on any atom is 0.0671 e. The fraction of sp³-hybridized carbons (Fsp3) is 0.261. The summed E-state index contributed by atoms with van der Waals surface area (Å²) in [6.07, 6.45) is 4.12. The van der Waals surface area contributed by atoms with E-state index in [2.05, 4.69) is 43.3 Å². The predicted molar refractivity (Wildman–Crippen MR) is 113 cm³/mol. The second-order valence-electron chi connectivity index (χ2n) is 7.31. The molecule has 3 aromatic carbocycles. The Hall–Kier alpha value is -1.83. The third-order valence-electron chi connectivity index (χ3n) is 5.05. The van der Waals surface area contributed by atoms with E-state index in [0.29, 0.717) is 16.0 Å². The van der Waals surface area contributed by atoms with E-state index < -0.39 is 0 Å². The first-order valence-corrected chi connectivity index (χ1v) is 9.85. The van der Waals surface area contributed by atoms with Crippen LogP contribution >= 0.6 is 23.2 Å². The highest BCUT2D eigenvalue weighted by Gasteiger charge is 2.17. The number of nitrogens with zero attached hydrogens (tertiary/aromatic N) is 1. The van der Waals surface area contributed by atoms with Crippen LogP contribution in [0.25, 0.3) is 10.8 Å². The maximum atomic E-state index is 6.10. The fourth-order valence-corrected chi connectivity index (χ4v) is 4.31. The molecule has 26 heavy (non-hydrogen) atoms. The Morgan fingerprint density at radius 1 is 0.962 bits per heavy atom. The summed E-state index contributed by atoms with van der Waals surface area (Å²) in [5.74, 6) is 0.579. The number of hydrogen-bond acceptors (Lipinski definition) is 1. The highest BCUT2D eigenvalue weighted by Crippen LogP contribution is 2.33. The van der Waals surface area contributed by atoms with Crippen molar-refractivity contribution in [2.24, 2.45) is 10.9 Å². The molecule has 1 aliphatic heterocycles. The second-order valence-corrected chi connectivity index (χ2v) is 8.18. The van der Waals surface area contributed by atoms with E-state index in [1.165, 1.54) is 27.6 Å². The molecular weight excluding hydrogens is 361 g/mol. The van der Waals surface area contributed by atoms with Gasteiger partial charge in [0.15, 0.2) is 0 Å². The van der Waals surface area contributed by atoms with E-state index in [1.807, 2.05) is 12.1 Å². The number of rotatable bonds is 5. The molecule has 0 spiro atoms. The molecule has 0 amide bonds. The number of aliphatic imine (C=N–C) groups is 1. The highest BCUT2D eigenvalue weighted by atomic mass is 35.5. The molecule has 3 aromatic rings. The van der Waals surface area contributed by atoms with Gasteiger partial charge >= 0.3 is 0 Å². The monoisotopic (exact) mass is 381 g/mol. The summed E-state index contributed by atoms with van der Waals surface area (Å²) in [7, 11) is 0. The Kier molecular flexibility index (Phi) is 5.02. The van der Waals surface area contributed by atoms with Crippen LogP contribution in [-0.4, -0.2) is 5.71 Å². The van der Waals surface area contributed by atoms with Crippen molar-refractivity contribution < 1.29 is 0 Å². The summed E-state index contributed by atoms with van der Waals surface area (Å²) in [5, 5.41) is 3.99. The molecule has 1 unspecified atom stereocenters. The van der Waals surface area contributed by atoms with E-state index in [4.69, 9.17) is 28.2 Å².